The normalized spacial score (nSPS) is 13.4. The molecule has 0 aliphatic rings. The van der Waals surface area contributed by atoms with Gasteiger partial charge < -0.3 is 10.1 Å². The van der Waals surface area contributed by atoms with Crippen LogP contribution in [0.5, 0.6) is 5.75 Å². The smallest absolute Gasteiger partial charge is 0.383 e. The molecular formula is C14H17F4NO2. The van der Waals surface area contributed by atoms with E-state index in [4.69, 9.17) is 4.74 Å². The first-order valence-corrected chi connectivity index (χ1v) is 6.38. The molecule has 21 heavy (non-hydrogen) atoms. The van der Waals surface area contributed by atoms with Gasteiger partial charge in [0, 0.05) is 0 Å². The predicted molar refractivity (Wildman–Crippen MR) is 69.7 cm³/mol. The van der Waals surface area contributed by atoms with E-state index in [0.29, 0.717) is 11.3 Å². The molecule has 0 saturated heterocycles. The first-order valence-electron chi connectivity index (χ1n) is 6.38. The van der Waals surface area contributed by atoms with Gasteiger partial charge in [0.05, 0.1) is 12.1 Å². The first-order chi connectivity index (χ1) is 9.64. The Labute approximate surface area is 120 Å². The van der Waals surface area contributed by atoms with Crippen molar-refractivity contribution in [2.24, 2.45) is 0 Å². The Morgan fingerprint density at radius 1 is 1.24 bits per heavy atom. The van der Waals surface area contributed by atoms with Crippen molar-refractivity contribution in [1.82, 2.24) is 5.32 Å². The molecule has 1 aromatic rings. The zero-order valence-electron chi connectivity index (χ0n) is 11.9. The number of alkyl halides is 4. The molecule has 1 amide bonds. The molecule has 0 aromatic heterocycles. The third-order valence-corrected chi connectivity index (χ3v) is 2.65. The lowest BCUT2D eigenvalue weighted by Gasteiger charge is -2.20. The Morgan fingerprint density at radius 2 is 1.86 bits per heavy atom. The summed E-state index contributed by atoms with van der Waals surface area (Å²) >= 11 is 0. The minimum atomic E-state index is -4.71. The fraction of sp³-hybridized carbons (Fsp3) is 0.500. The summed E-state index contributed by atoms with van der Waals surface area (Å²) in [5.41, 5.74) is 0.478. The van der Waals surface area contributed by atoms with Crippen molar-refractivity contribution >= 4 is 5.91 Å². The molecule has 0 saturated carbocycles. The van der Waals surface area contributed by atoms with Gasteiger partial charge in [-0.3, -0.25) is 4.79 Å². The maximum Gasteiger partial charge on any atom is 0.383 e. The minimum Gasteiger partial charge on any atom is -0.491 e. The molecule has 0 fully saturated rings. The number of hydrogen-bond acceptors (Lipinski definition) is 2. The lowest BCUT2D eigenvalue weighted by molar-refractivity contribution is -0.170. The van der Waals surface area contributed by atoms with Crippen molar-refractivity contribution in [2.45, 2.75) is 45.3 Å². The number of carbonyl (C=O) groups is 1. The van der Waals surface area contributed by atoms with Crippen LogP contribution in [-0.4, -0.2) is 24.4 Å². The van der Waals surface area contributed by atoms with Crippen molar-refractivity contribution in [3.8, 4) is 5.75 Å². The molecule has 3 nitrogen and oxygen atoms in total. The number of benzene rings is 1. The highest BCUT2D eigenvalue weighted by atomic mass is 19.3. The van der Waals surface area contributed by atoms with Gasteiger partial charge in [-0.15, -0.1) is 0 Å². The number of nitrogens with one attached hydrogen (secondary N) is 1. The standard InChI is InChI=1S/C14H17F4NO2/c1-8(2)21-11-6-4-5-10(7-11)9(3)19-13(20)14(17,18)12(15)16/h4-9,12H,1-3H3,(H,19,20). The second-order valence-corrected chi connectivity index (χ2v) is 4.86. The van der Waals surface area contributed by atoms with Crippen LogP contribution in [0.25, 0.3) is 0 Å². The fourth-order valence-electron chi connectivity index (χ4n) is 1.60. The molecule has 1 atom stereocenters. The second kappa shape index (κ2) is 6.78. The van der Waals surface area contributed by atoms with E-state index in [0.717, 1.165) is 0 Å². The monoisotopic (exact) mass is 307 g/mol. The highest BCUT2D eigenvalue weighted by Gasteiger charge is 2.49. The number of hydrogen-bond donors (Lipinski definition) is 1. The van der Waals surface area contributed by atoms with Gasteiger partial charge in [-0.1, -0.05) is 12.1 Å². The van der Waals surface area contributed by atoms with Crippen molar-refractivity contribution in [3.05, 3.63) is 29.8 Å². The lowest BCUT2D eigenvalue weighted by Crippen LogP contribution is -2.45. The second-order valence-electron chi connectivity index (χ2n) is 4.86. The van der Waals surface area contributed by atoms with Crippen molar-refractivity contribution in [2.75, 3.05) is 0 Å². The van der Waals surface area contributed by atoms with Crippen LogP contribution in [0, 0.1) is 0 Å². The van der Waals surface area contributed by atoms with Crippen LogP contribution in [0.2, 0.25) is 0 Å². The van der Waals surface area contributed by atoms with E-state index < -0.39 is 24.3 Å². The Bertz CT molecular complexity index is 492. The summed E-state index contributed by atoms with van der Waals surface area (Å²) in [5, 5.41) is 1.87. The third-order valence-electron chi connectivity index (χ3n) is 2.65. The Kier molecular flexibility index (Phi) is 5.57. The lowest BCUT2D eigenvalue weighted by atomic mass is 10.1. The SMILES string of the molecule is CC(C)Oc1cccc(C(C)NC(=O)C(F)(F)C(F)F)c1. The summed E-state index contributed by atoms with van der Waals surface area (Å²) in [6.45, 7) is 5.07. The van der Waals surface area contributed by atoms with E-state index >= 15 is 0 Å². The van der Waals surface area contributed by atoms with Crippen molar-refractivity contribution in [3.63, 3.8) is 0 Å². The van der Waals surface area contributed by atoms with Gasteiger partial charge in [-0.05, 0) is 38.5 Å². The molecule has 1 rings (SSSR count). The van der Waals surface area contributed by atoms with Crippen LogP contribution in [0.15, 0.2) is 24.3 Å². The van der Waals surface area contributed by atoms with E-state index in [1.807, 2.05) is 19.2 Å². The topological polar surface area (TPSA) is 38.3 Å². The molecule has 0 spiro atoms. The summed E-state index contributed by atoms with van der Waals surface area (Å²) in [5.74, 6) is -6.20. The molecule has 0 aliphatic heterocycles. The first kappa shape index (κ1) is 17.3. The Hall–Kier alpha value is -1.79. The fourth-order valence-corrected chi connectivity index (χ4v) is 1.60. The zero-order chi connectivity index (χ0) is 16.2. The molecule has 1 unspecified atom stereocenters. The van der Waals surface area contributed by atoms with Gasteiger partial charge in [0.15, 0.2) is 0 Å². The van der Waals surface area contributed by atoms with Crippen LogP contribution in [-0.2, 0) is 4.79 Å². The minimum absolute atomic E-state index is 0.0756. The van der Waals surface area contributed by atoms with E-state index in [1.165, 1.54) is 6.92 Å². The molecule has 0 bridgehead atoms. The highest BCUT2D eigenvalue weighted by Crippen LogP contribution is 2.25. The van der Waals surface area contributed by atoms with Gasteiger partial charge in [0.1, 0.15) is 5.75 Å². The predicted octanol–water partition coefficient (Wildman–Crippen LogP) is 3.55. The van der Waals surface area contributed by atoms with Gasteiger partial charge in [-0.25, -0.2) is 8.78 Å². The maximum atomic E-state index is 12.9. The van der Waals surface area contributed by atoms with Crippen LogP contribution in [0.3, 0.4) is 0 Å². The van der Waals surface area contributed by atoms with Crippen LogP contribution >= 0.6 is 0 Å². The highest BCUT2D eigenvalue weighted by molar-refractivity contribution is 5.84. The summed E-state index contributed by atoms with van der Waals surface area (Å²) < 4.78 is 55.4. The van der Waals surface area contributed by atoms with Gasteiger partial charge in [-0.2, -0.15) is 8.78 Å². The number of amides is 1. The van der Waals surface area contributed by atoms with Crippen molar-refractivity contribution in [1.29, 1.82) is 0 Å². The van der Waals surface area contributed by atoms with Gasteiger partial charge in [0.2, 0.25) is 0 Å². The molecule has 0 aliphatic carbocycles. The quantitative estimate of drug-likeness (QED) is 0.816. The van der Waals surface area contributed by atoms with E-state index in [1.54, 1.807) is 24.3 Å². The van der Waals surface area contributed by atoms with Gasteiger partial charge in [0.25, 0.3) is 5.91 Å². The summed E-state index contributed by atoms with van der Waals surface area (Å²) in [4.78, 5) is 11.2. The average Bonchev–Trinajstić information content (AvgIpc) is 2.37. The maximum absolute atomic E-state index is 12.9. The number of carbonyl (C=O) groups excluding carboxylic acids is 1. The van der Waals surface area contributed by atoms with Crippen LogP contribution in [0.1, 0.15) is 32.4 Å². The largest absolute Gasteiger partial charge is 0.491 e. The van der Waals surface area contributed by atoms with E-state index in [2.05, 4.69) is 0 Å². The number of ether oxygens (including phenoxy) is 1. The molecule has 1 N–H and O–H groups in total. The Morgan fingerprint density at radius 3 is 2.38 bits per heavy atom. The Balaban J connectivity index is 2.80. The molecule has 1 aromatic carbocycles. The summed E-state index contributed by atoms with van der Waals surface area (Å²) in [7, 11) is 0. The number of rotatable bonds is 6. The molecule has 0 heterocycles. The van der Waals surface area contributed by atoms with Crippen LogP contribution in [0.4, 0.5) is 17.6 Å². The molecule has 0 radical (unpaired) electrons. The van der Waals surface area contributed by atoms with Crippen LogP contribution < -0.4 is 10.1 Å². The average molecular weight is 307 g/mol. The summed E-state index contributed by atoms with van der Waals surface area (Å²) in [6.07, 6.45) is -4.12. The molecular weight excluding hydrogens is 290 g/mol. The van der Waals surface area contributed by atoms with E-state index in [9.17, 15) is 22.4 Å². The zero-order valence-corrected chi connectivity index (χ0v) is 11.9. The van der Waals surface area contributed by atoms with Crippen molar-refractivity contribution < 1.29 is 27.1 Å². The summed E-state index contributed by atoms with van der Waals surface area (Å²) in [6, 6.07) is 5.59. The number of halogens is 4. The molecule has 7 heteroatoms. The van der Waals surface area contributed by atoms with E-state index in [-0.39, 0.29) is 6.10 Å². The van der Waals surface area contributed by atoms with Gasteiger partial charge >= 0.3 is 12.3 Å². The third kappa shape index (κ3) is 4.61. The molecule has 118 valence electrons.